The normalized spacial score (nSPS) is 34.4. The molecule has 5 nitrogen and oxygen atoms in total. The average molecular weight is 268 g/mol. The van der Waals surface area contributed by atoms with Gasteiger partial charge in [-0.1, -0.05) is 20.8 Å². The van der Waals surface area contributed by atoms with Gasteiger partial charge in [-0.25, -0.2) is 0 Å². The zero-order valence-electron chi connectivity index (χ0n) is 11.9. The lowest BCUT2D eigenvalue weighted by Gasteiger charge is -2.46. The van der Waals surface area contributed by atoms with Crippen molar-refractivity contribution in [3.8, 4) is 0 Å². The number of nitrogens with one attached hydrogen (secondary N) is 2. The smallest absolute Gasteiger partial charge is 0.307 e. The molecule has 2 rings (SSSR count). The van der Waals surface area contributed by atoms with Crippen LogP contribution in [0.1, 0.15) is 33.6 Å². The highest BCUT2D eigenvalue weighted by Crippen LogP contribution is 2.45. The summed E-state index contributed by atoms with van der Waals surface area (Å²) < 4.78 is 0. The molecular formula is C14H24N2O3. The molecule has 1 saturated carbocycles. The third-order valence-electron chi connectivity index (χ3n) is 5.22. The van der Waals surface area contributed by atoms with Crippen LogP contribution < -0.4 is 10.6 Å². The number of hydrogen-bond acceptors (Lipinski definition) is 3. The highest BCUT2D eigenvalue weighted by molar-refractivity contribution is 5.80. The molecule has 1 aliphatic heterocycles. The molecule has 1 amide bonds. The number of rotatable bonds is 3. The van der Waals surface area contributed by atoms with Crippen LogP contribution in [0.2, 0.25) is 0 Å². The van der Waals surface area contributed by atoms with E-state index in [2.05, 4.69) is 17.6 Å². The van der Waals surface area contributed by atoms with Crippen LogP contribution in [0.15, 0.2) is 0 Å². The molecule has 3 N–H and O–H groups in total. The molecule has 3 unspecified atom stereocenters. The Kier molecular flexibility index (Phi) is 3.85. The van der Waals surface area contributed by atoms with E-state index in [0.29, 0.717) is 6.42 Å². The molecule has 0 aromatic carbocycles. The lowest BCUT2D eigenvalue weighted by atomic mass is 9.61. The number of carbonyl (C=O) groups excluding carboxylic acids is 1. The van der Waals surface area contributed by atoms with E-state index in [1.807, 2.05) is 13.8 Å². The lowest BCUT2D eigenvalue weighted by Crippen LogP contribution is -2.57. The van der Waals surface area contributed by atoms with Crippen molar-refractivity contribution in [2.24, 2.45) is 23.2 Å². The fourth-order valence-electron chi connectivity index (χ4n) is 3.22. The third-order valence-corrected chi connectivity index (χ3v) is 5.22. The summed E-state index contributed by atoms with van der Waals surface area (Å²) in [4.78, 5) is 23.3. The molecule has 0 radical (unpaired) electrons. The molecule has 2 aliphatic rings. The van der Waals surface area contributed by atoms with E-state index in [-0.39, 0.29) is 35.1 Å². The minimum Gasteiger partial charge on any atom is -0.481 e. The number of carboxylic acid groups (broad SMARTS) is 1. The second-order valence-corrected chi connectivity index (χ2v) is 6.55. The van der Waals surface area contributed by atoms with Crippen molar-refractivity contribution in [3.63, 3.8) is 0 Å². The zero-order chi connectivity index (χ0) is 14.2. The van der Waals surface area contributed by atoms with Gasteiger partial charge in [-0.3, -0.25) is 9.59 Å². The number of carbonyl (C=O) groups is 2. The second-order valence-electron chi connectivity index (χ2n) is 6.55. The number of carboxylic acids is 1. The Hall–Kier alpha value is -1.10. The van der Waals surface area contributed by atoms with Crippen molar-refractivity contribution in [3.05, 3.63) is 0 Å². The summed E-state index contributed by atoms with van der Waals surface area (Å²) in [6, 6.07) is 0.0960. The minimum atomic E-state index is -0.718. The van der Waals surface area contributed by atoms with Gasteiger partial charge >= 0.3 is 5.97 Å². The SMILES string of the molecule is CC1C(NC(=O)C2CNC2)CCC(C(=O)O)C1(C)C. The van der Waals surface area contributed by atoms with Crippen molar-refractivity contribution in [2.45, 2.75) is 39.7 Å². The van der Waals surface area contributed by atoms with E-state index < -0.39 is 5.97 Å². The van der Waals surface area contributed by atoms with Crippen molar-refractivity contribution in [2.75, 3.05) is 13.1 Å². The van der Waals surface area contributed by atoms with Gasteiger partial charge in [0.15, 0.2) is 0 Å². The summed E-state index contributed by atoms with van der Waals surface area (Å²) in [5, 5.41) is 15.5. The summed E-state index contributed by atoms with van der Waals surface area (Å²) in [6.45, 7) is 7.57. The topological polar surface area (TPSA) is 78.4 Å². The van der Waals surface area contributed by atoms with Crippen LogP contribution in [0.3, 0.4) is 0 Å². The van der Waals surface area contributed by atoms with Gasteiger partial charge in [-0.15, -0.1) is 0 Å². The predicted octanol–water partition coefficient (Wildman–Crippen LogP) is 0.847. The molecular weight excluding hydrogens is 244 g/mol. The fourth-order valence-corrected chi connectivity index (χ4v) is 3.22. The summed E-state index contributed by atoms with van der Waals surface area (Å²) in [6.07, 6.45) is 1.40. The van der Waals surface area contributed by atoms with Gasteiger partial charge in [0.05, 0.1) is 11.8 Å². The van der Waals surface area contributed by atoms with Gasteiger partial charge in [0.2, 0.25) is 5.91 Å². The van der Waals surface area contributed by atoms with Crippen LogP contribution in [0.4, 0.5) is 0 Å². The predicted molar refractivity (Wildman–Crippen MR) is 71.6 cm³/mol. The highest BCUT2D eigenvalue weighted by atomic mass is 16.4. The maximum absolute atomic E-state index is 12.0. The van der Waals surface area contributed by atoms with E-state index in [0.717, 1.165) is 19.5 Å². The molecule has 3 atom stereocenters. The van der Waals surface area contributed by atoms with Crippen LogP contribution in [-0.2, 0) is 9.59 Å². The van der Waals surface area contributed by atoms with Gasteiger partial charge in [0, 0.05) is 19.1 Å². The quantitative estimate of drug-likeness (QED) is 0.709. The molecule has 1 aliphatic carbocycles. The van der Waals surface area contributed by atoms with Crippen molar-refractivity contribution >= 4 is 11.9 Å². The molecule has 1 saturated heterocycles. The van der Waals surface area contributed by atoms with E-state index in [4.69, 9.17) is 0 Å². The zero-order valence-corrected chi connectivity index (χ0v) is 11.9. The van der Waals surface area contributed by atoms with Crippen molar-refractivity contribution < 1.29 is 14.7 Å². The van der Waals surface area contributed by atoms with Gasteiger partial charge in [0.25, 0.3) is 0 Å². The number of hydrogen-bond donors (Lipinski definition) is 3. The van der Waals surface area contributed by atoms with E-state index >= 15 is 0 Å². The average Bonchev–Trinajstić information content (AvgIpc) is 2.21. The van der Waals surface area contributed by atoms with Crippen LogP contribution in [-0.4, -0.2) is 36.1 Å². The largest absolute Gasteiger partial charge is 0.481 e. The van der Waals surface area contributed by atoms with Gasteiger partial charge < -0.3 is 15.7 Å². The first-order valence-electron chi connectivity index (χ1n) is 7.08. The molecule has 0 aromatic heterocycles. The summed E-state index contributed by atoms with van der Waals surface area (Å²) in [7, 11) is 0. The maximum atomic E-state index is 12.0. The summed E-state index contributed by atoms with van der Waals surface area (Å²) in [5.74, 6) is -0.669. The third kappa shape index (κ3) is 2.61. The Morgan fingerprint density at radius 2 is 1.89 bits per heavy atom. The molecule has 2 fully saturated rings. The first kappa shape index (κ1) is 14.3. The number of amides is 1. The van der Waals surface area contributed by atoms with Crippen LogP contribution in [0.25, 0.3) is 0 Å². The number of aliphatic carboxylic acids is 1. The van der Waals surface area contributed by atoms with E-state index in [9.17, 15) is 14.7 Å². The molecule has 0 spiro atoms. The van der Waals surface area contributed by atoms with E-state index in [1.54, 1.807) is 0 Å². The lowest BCUT2D eigenvalue weighted by molar-refractivity contribution is -0.150. The summed E-state index contributed by atoms with van der Waals surface area (Å²) >= 11 is 0. The van der Waals surface area contributed by atoms with Gasteiger partial charge in [0.1, 0.15) is 0 Å². The molecule has 108 valence electrons. The second kappa shape index (κ2) is 5.12. The Balaban J connectivity index is 2.00. The molecule has 5 heteroatoms. The van der Waals surface area contributed by atoms with Gasteiger partial charge in [-0.05, 0) is 24.2 Å². The first-order valence-corrected chi connectivity index (χ1v) is 7.08. The van der Waals surface area contributed by atoms with Crippen molar-refractivity contribution in [1.82, 2.24) is 10.6 Å². The Bertz CT molecular complexity index is 377. The van der Waals surface area contributed by atoms with Gasteiger partial charge in [-0.2, -0.15) is 0 Å². The Labute approximate surface area is 114 Å². The molecule has 19 heavy (non-hydrogen) atoms. The minimum absolute atomic E-state index is 0.0903. The monoisotopic (exact) mass is 268 g/mol. The summed E-state index contributed by atoms with van der Waals surface area (Å²) in [5.41, 5.74) is -0.292. The standard InChI is InChI=1S/C14H24N2O3/c1-8-11(16-12(17)9-6-15-7-9)5-4-10(13(18)19)14(8,2)3/h8-11,15H,4-7H2,1-3H3,(H,16,17)(H,18,19). The van der Waals surface area contributed by atoms with E-state index in [1.165, 1.54) is 0 Å². The van der Waals surface area contributed by atoms with Crippen molar-refractivity contribution in [1.29, 1.82) is 0 Å². The molecule has 1 heterocycles. The fraction of sp³-hybridized carbons (Fsp3) is 0.857. The molecule has 0 aromatic rings. The van der Waals surface area contributed by atoms with Crippen LogP contribution in [0.5, 0.6) is 0 Å². The Morgan fingerprint density at radius 1 is 1.26 bits per heavy atom. The first-order chi connectivity index (χ1) is 8.84. The molecule has 0 bridgehead atoms. The Morgan fingerprint density at radius 3 is 2.37 bits per heavy atom. The highest BCUT2D eigenvalue weighted by Gasteiger charge is 2.46. The van der Waals surface area contributed by atoms with Crippen LogP contribution in [0, 0.1) is 23.2 Å². The maximum Gasteiger partial charge on any atom is 0.307 e. The van der Waals surface area contributed by atoms with Crippen LogP contribution >= 0.6 is 0 Å².